The SMILES string of the molecule is CCCCN1C(=O)c2c(c(Br)cc3nn(-c4cc(C(C)(C)CC(C)(C)C)cc(C(C)(C)c5ccccc5)c4O)nc23)C1O. The van der Waals surface area contributed by atoms with E-state index in [2.05, 4.69) is 89.5 Å². The normalized spacial score (nSPS) is 15.9. The Balaban J connectivity index is 1.74. The Bertz CT molecular complexity index is 1690. The van der Waals surface area contributed by atoms with E-state index >= 15 is 0 Å². The largest absolute Gasteiger partial charge is 0.505 e. The molecule has 2 heterocycles. The molecule has 3 aromatic carbocycles. The smallest absolute Gasteiger partial charge is 0.258 e. The highest BCUT2D eigenvalue weighted by molar-refractivity contribution is 9.10. The molecule has 0 saturated carbocycles. The number of rotatable bonds is 8. The van der Waals surface area contributed by atoms with E-state index in [4.69, 9.17) is 10.2 Å². The molecule has 8 heteroatoms. The molecule has 0 saturated heterocycles. The van der Waals surface area contributed by atoms with Gasteiger partial charge in [-0.1, -0.05) is 114 Å². The second-order valence-corrected chi connectivity index (χ2v) is 15.1. The number of hydrogen-bond acceptors (Lipinski definition) is 5. The first-order valence-electron chi connectivity index (χ1n) is 15.1. The van der Waals surface area contributed by atoms with Gasteiger partial charge < -0.3 is 15.1 Å². The summed E-state index contributed by atoms with van der Waals surface area (Å²) in [6.07, 6.45) is 1.56. The summed E-state index contributed by atoms with van der Waals surface area (Å²) < 4.78 is 0.608. The molecule has 0 bridgehead atoms. The minimum atomic E-state index is -1.05. The third kappa shape index (κ3) is 5.60. The van der Waals surface area contributed by atoms with E-state index < -0.39 is 11.6 Å². The molecule has 1 atom stereocenters. The molecule has 2 N–H and O–H groups in total. The summed E-state index contributed by atoms with van der Waals surface area (Å²) in [5, 5.41) is 32.6. The molecule has 228 valence electrons. The van der Waals surface area contributed by atoms with Crippen molar-refractivity contribution in [2.24, 2.45) is 5.41 Å². The number of carbonyl (C=O) groups excluding carboxylic acids is 1. The van der Waals surface area contributed by atoms with Crippen LogP contribution in [-0.2, 0) is 10.8 Å². The number of carbonyl (C=O) groups is 1. The van der Waals surface area contributed by atoms with Crippen LogP contribution >= 0.6 is 15.9 Å². The fourth-order valence-corrected chi connectivity index (χ4v) is 7.27. The minimum absolute atomic E-state index is 0.0764. The van der Waals surface area contributed by atoms with Gasteiger partial charge in [-0.05, 0) is 46.9 Å². The van der Waals surface area contributed by atoms with Crippen LogP contribution < -0.4 is 0 Å². The lowest BCUT2D eigenvalue weighted by Gasteiger charge is -2.35. The number of aliphatic hydroxyl groups excluding tert-OH is 1. The van der Waals surface area contributed by atoms with E-state index in [1.165, 1.54) is 9.70 Å². The van der Waals surface area contributed by atoms with E-state index in [9.17, 15) is 15.0 Å². The first-order valence-corrected chi connectivity index (χ1v) is 15.9. The Morgan fingerprint density at radius 1 is 0.953 bits per heavy atom. The molecule has 0 spiro atoms. The molecule has 7 nitrogen and oxygen atoms in total. The molecule has 5 rings (SSSR count). The molecule has 43 heavy (non-hydrogen) atoms. The lowest BCUT2D eigenvalue weighted by atomic mass is 9.70. The van der Waals surface area contributed by atoms with Crippen molar-refractivity contribution in [1.29, 1.82) is 0 Å². The molecule has 1 amide bonds. The first-order chi connectivity index (χ1) is 20.1. The lowest BCUT2D eigenvalue weighted by Crippen LogP contribution is -2.29. The van der Waals surface area contributed by atoms with Crippen molar-refractivity contribution >= 4 is 32.9 Å². The highest BCUT2D eigenvalue weighted by atomic mass is 79.9. The summed E-state index contributed by atoms with van der Waals surface area (Å²) in [5.41, 5.74) is 4.48. The third-order valence-corrected chi connectivity index (χ3v) is 9.33. The number of aliphatic hydroxyl groups is 1. The van der Waals surface area contributed by atoms with Crippen molar-refractivity contribution in [1.82, 2.24) is 19.9 Å². The Labute approximate surface area is 263 Å². The molecule has 1 aliphatic rings. The van der Waals surface area contributed by atoms with Crippen LogP contribution in [0.1, 0.15) is 113 Å². The summed E-state index contributed by atoms with van der Waals surface area (Å²) in [5.74, 6) is -0.166. The van der Waals surface area contributed by atoms with Gasteiger partial charge in [-0.25, -0.2) is 0 Å². The summed E-state index contributed by atoms with van der Waals surface area (Å²) in [7, 11) is 0. The number of phenols is 1. The van der Waals surface area contributed by atoms with E-state index in [0.717, 1.165) is 36.0 Å². The molecule has 1 aromatic heterocycles. The van der Waals surface area contributed by atoms with Crippen molar-refractivity contribution in [3.8, 4) is 11.4 Å². The number of halogens is 1. The van der Waals surface area contributed by atoms with Crippen LogP contribution in [0.5, 0.6) is 5.75 Å². The second-order valence-electron chi connectivity index (χ2n) is 14.2. The Hall–Kier alpha value is -3.23. The van der Waals surface area contributed by atoms with Gasteiger partial charge in [-0.3, -0.25) is 4.79 Å². The third-order valence-electron chi connectivity index (χ3n) is 8.68. The van der Waals surface area contributed by atoms with Crippen LogP contribution in [0, 0.1) is 5.41 Å². The van der Waals surface area contributed by atoms with Gasteiger partial charge in [-0.15, -0.1) is 15.0 Å². The number of aromatic hydroxyl groups is 1. The minimum Gasteiger partial charge on any atom is -0.505 e. The van der Waals surface area contributed by atoms with Crippen LogP contribution in [0.25, 0.3) is 16.7 Å². The van der Waals surface area contributed by atoms with Crippen LogP contribution in [0.4, 0.5) is 0 Å². The Morgan fingerprint density at radius 2 is 1.63 bits per heavy atom. The maximum atomic E-state index is 13.6. The Morgan fingerprint density at radius 3 is 2.26 bits per heavy atom. The summed E-state index contributed by atoms with van der Waals surface area (Å²) >= 11 is 3.58. The van der Waals surface area contributed by atoms with Gasteiger partial charge in [0.25, 0.3) is 5.91 Å². The number of benzene rings is 3. The molecule has 0 radical (unpaired) electrons. The van der Waals surface area contributed by atoms with E-state index in [1.807, 2.05) is 24.3 Å². The zero-order valence-electron chi connectivity index (χ0n) is 26.5. The molecule has 4 aromatic rings. The predicted octanol–water partition coefficient (Wildman–Crippen LogP) is 8.18. The van der Waals surface area contributed by atoms with E-state index in [-0.39, 0.29) is 22.5 Å². The van der Waals surface area contributed by atoms with Crippen molar-refractivity contribution < 1.29 is 15.0 Å². The highest BCUT2D eigenvalue weighted by Gasteiger charge is 2.40. The number of hydrogen-bond donors (Lipinski definition) is 2. The summed E-state index contributed by atoms with van der Waals surface area (Å²) in [6.45, 7) is 17.9. The van der Waals surface area contributed by atoms with Crippen molar-refractivity contribution in [3.63, 3.8) is 0 Å². The molecular formula is C35H43BrN4O3. The maximum Gasteiger partial charge on any atom is 0.258 e. The van der Waals surface area contributed by atoms with E-state index in [1.54, 1.807) is 6.07 Å². The number of aromatic nitrogens is 3. The second kappa shape index (κ2) is 11.0. The monoisotopic (exact) mass is 646 g/mol. The summed E-state index contributed by atoms with van der Waals surface area (Å²) in [6, 6.07) is 16.1. The highest BCUT2D eigenvalue weighted by Crippen LogP contribution is 2.46. The average Bonchev–Trinajstić information content (AvgIpc) is 3.44. The number of fused-ring (bicyclic) bond motifs is 3. The topological polar surface area (TPSA) is 91.5 Å². The van der Waals surface area contributed by atoms with Gasteiger partial charge in [0.2, 0.25) is 0 Å². The van der Waals surface area contributed by atoms with Crippen LogP contribution in [-0.4, -0.2) is 42.6 Å². The number of phenolic OH excluding ortho intramolecular Hbond substituents is 1. The van der Waals surface area contributed by atoms with Crippen molar-refractivity contribution in [3.05, 3.63) is 80.8 Å². The molecule has 0 fully saturated rings. The quantitative estimate of drug-likeness (QED) is 0.201. The van der Waals surface area contributed by atoms with Crippen LogP contribution in [0.15, 0.2) is 53.0 Å². The molecule has 1 unspecified atom stereocenters. The van der Waals surface area contributed by atoms with Gasteiger partial charge in [0, 0.05) is 27.6 Å². The van der Waals surface area contributed by atoms with Crippen molar-refractivity contribution in [2.45, 2.75) is 91.7 Å². The summed E-state index contributed by atoms with van der Waals surface area (Å²) in [4.78, 5) is 16.5. The van der Waals surface area contributed by atoms with Crippen molar-refractivity contribution in [2.75, 3.05) is 6.54 Å². The lowest BCUT2D eigenvalue weighted by molar-refractivity contribution is 0.0169. The standard InChI is InChI=1S/C35H43BrN4O3/c1-9-10-16-39-31(42)27-24(36)19-25-29(28(27)32(39)43)38-40(37-25)26-18-22(34(5,6)20-33(2,3)4)17-23(30(26)41)35(7,8)21-14-12-11-13-15-21/h11-15,17-19,31,41-42H,9-10,16,20H2,1-8H3. The predicted molar refractivity (Wildman–Crippen MR) is 175 cm³/mol. The number of amides is 1. The zero-order valence-corrected chi connectivity index (χ0v) is 28.1. The molecule has 0 aliphatic carbocycles. The maximum absolute atomic E-state index is 13.6. The average molecular weight is 648 g/mol. The van der Waals surface area contributed by atoms with Gasteiger partial charge in [-0.2, -0.15) is 0 Å². The number of nitrogens with zero attached hydrogens (tertiary/aromatic N) is 4. The number of unbranched alkanes of at least 4 members (excludes halogenated alkanes) is 1. The Kier molecular flexibility index (Phi) is 8.01. The zero-order chi connectivity index (χ0) is 31.5. The molecular weight excluding hydrogens is 604 g/mol. The van der Waals surface area contributed by atoms with Crippen LogP contribution in [0.2, 0.25) is 0 Å². The van der Waals surface area contributed by atoms with Gasteiger partial charge in [0.05, 0.1) is 5.56 Å². The van der Waals surface area contributed by atoms with E-state index in [0.29, 0.717) is 38.9 Å². The van der Waals surface area contributed by atoms with Crippen LogP contribution in [0.3, 0.4) is 0 Å². The fraction of sp³-hybridized carbons (Fsp3) is 0.457. The van der Waals surface area contributed by atoms with Gasteiger partial charge >= 0.3 is 0 Å². The van der Waals surface area contributed by atoms with Gasteiger partial charge in [0.15, 0.2) is 6.23 Å². The van der Waals surface area contributed by atoms with Gasteiger partial charge in [0.1, 0.15) is 22.5 Å². The molecule has 1 aliphatic heterocycles. The first kappa shape index (κ1) is 31.2. The fourth-order valence-electron chi connectivity index (χ4n) is 6.65.